The fourth-order valence-electron chi connectivity index (χ4n) is 5.42. The molecule has 0 saturated carbocycles. The Hall–Kier alpha value is -3.71. The summed E-state index contributed by atoms with van der Waals surface area (Å²) in [6, 6.07) is 10.9. The Morgan fingerprint density at radius 2 is 1.82 bits per heavy atom. The number of fused-ring (bicyclic) bond motifs is 1. The van der Waals surface area contributed by atoms with Crippen LogP contribution in [0.3, 0.4) is 0 Å². The Labute approximate surface area is 266 Å². The van der Waals surface area contributed by atoms with Crippen LogP contribution in [-0.2, 0) is 14.6 Å². The van der Waals surface area contributed by atoms with Crippen LogP contribution in [0.4, 0.5) is 23.1 Å². The molecule has 0 spiro atoms. The molecule has 2 aromatic carbocycles. The predicted octanol–water partition coefficient (Wildman–Crippen LogP) is 6.22. The van der Waals surface area contributed by atoms with Gasteiger partial charge in [0.2, 0.25) is 11.9 Å². The molecule has 3 heterocycles. The Morgan fingerprint density at radius 3 is 2.50 bits per heavy atom. The molecule has 4 aromatic rings. The van der Waals surface area contributed by atoms with Gasteiger partial charge in [0.1, 0.15) is 11.6 Å². The highest BCUT2D eigenvalue weighted by Crippen LogP contribution is 2.38. The van der Waals surface area contributed by atoms with Gasteiger partial charge in [-0.25, -0.2) is 8.42 Å². The lowest BCUT2D eigenvalue weighted by atomic mass is 9.86. The number of carbonyl (C=O) groups excluding carboxylic acids is 1. The number of aromatic nitrogens is 4. The maximum atomic E-state index is 13.1. The Morgan fingerprint density at radius 1 is 1.09 bits per heavy atom. The molecular weight excluding hydrogens is 646 g/mol. The summed E-state index contributed by atoms with van der Waals surface area (Å²) in [6.07, 6.45) is 3.30. The molecule has 44 heavy (non-hydrogen) atoms. The normalized spacial score (nSPS) is 14.4. The number of hydrogen-bond acceptors (Lipinski definition) is 9. The van der Waals surface area contributed by atoms with E-state index in [-0.39, 0.29) is 22.9 Å². The lowest BCUT2D eigenvalue weighted by Gasteiger charge is -2.33. The van der Waals surface area contributed by atoms with E-state index in [9.17, 15) is 13.2 Å². The zero-order valence-electron chi connectivity index (χ0n) is 25.5. The second kappa shape index (κ2) is 13.1. The Kier molecular flexibility index (Phi) is 9.45. The summed E-state index contributed by atoms with van der Waals surface area (Å²) in [6.45, 7) is 10.8. The van der Waals surface area contributed by atoms with E-state index in [2.05, 4.69) is 54.7 Å². The zero-order chi connectivity index (χ0) is 31.6. The molecular formula is C31H38BrN7O4S. The number of aryl methyl sites for hydroxylation is 1. The van der Waals surface area contributed by atoms with Gasteiger partial charge in [0.25, 0.3) is 0 Å². The van der Waals surface area contributed by atoms with Crippen LogP contribution in [0.2, 0.25) is 0 Å². The number of ether oxygens (including phenoxy) is 1. The summed E-state index contributed by atoms with van der Waals surface area (Å²) in [5, 5.41) is 14.0. The number of carbonyl (C=O) groups is 1. The van der Waals surface area contributed by atoms with Crippen LogP contribution in [0.15, 0.2) is 47.5 Å². The van der Waals surface area contributed by atoms with Gasteiger partial charge in [-0.15, -0.1) is 0 Å². The van der Waals surface area contributed by atoms with E-state index in [1.165, 1.54) is 5.56 Å². The highest BCUT2D eigenvalue weighted by atomic mass is 79.9. The number of nitrogens with zero attached hydrogens (tertiary/aromatic N) is 4. The lowest BCUT2D eigenvalue weighted by Crippen LogP contribution is -2.38. The van der Waals surface area contributed by atoms with Gasteiger partial charge < -0.3 is 20.3 Å². The molecule has 2 aromatic heterocycles. The number of H-pyrrole nitrogens is 1. The minimum absolute atomic E-state index is 0.0721. The Bertz CT molecular complexity index is 1770. The van der Waals surface area contributed by atoms with E-state index >= 15 is 0 Å². The fourth-order valence-corrected chi connectivity index (χ4v) is 6.98. The first-order valence-electron chi connectivity index (χ1n) is 14.7. The van der Waals surface area contributed by atoms with Gasteiger partial charge in [-0.3, -0.25) is 9.89 Å². The largest absolute Gasteiger partial charge is 0.489 e. The molecule has 5 rings (SSSR count). The highest BCUT2D eigenvalue weighted by Gasteiger charge is 2.26. The third kappa shape index (κ3) is 6.68. The van der Waals surface area contributed by atoms with E-state index in [4.69, 9.17) is 9.72 Å². The number of alkyl halides is 1. The van der Waals surface area contributed by atoms with Gasteiger partial charge in [0, 0.05) is 13.1 Å². The minimum Gasteiger partial charge on any atom is -0.489 e. The van der Waals surface area contributed by atoms with Crippen molar-refractivity contribution < 1.29 is 17.9 Å². The quantitative estimate of drug-likeness (QED) is 0.166. The average Bonchev–Trinajstić information content (AvgIpc) is 3.47. The predicted molar refractivity (Wildman–Crippen MR) is 176 cm³/mol. The summed E-state index contributed by atoms with van der Waals surface area (Å²) < 4.78 is 32.4. The van der Waals surface area contributed by atoms with Crippen LogP contribution in [0, 0.1) is 6.92 Å². The van der Waals surface area contributed by atoms with Gasteiger partial charge in [0.05, 0.1) is 44.5 Å². The van der Waals surface area contributed by atoms with Crippen molar-refractivity contribution in [2.45, 2.75) is 69.6 Å². The van der Waals surface area contributed by atoms with Gasteiger partial charge in [-0.2, -0.15) is 15.1 Å². The number of benzene rings is 2. The SMILES string of the molecule is Cc1cc(Nc2nc(Nc3ccccc3S(=O)(=O)C(C)C)c3cn[nH]c3n2)c(OC(C)C)cc1C1CCN(C(=O)CBr)CC1. The first-order chi connectivity index (χ1) is 21.0. The molecule has 0 unspecified atom stereocenters. The van der Waals surface area contributed by atoms with Crippen LogP contribution in [0.25, 0.3) is 11.0 Å². The first-order valence-corrected chi connectivity index (χ1v) is 17.4. The van der Waals surface area contributed by atoms with Crippen molar-refractivity contribution >= 4 is 65.8 Å². The number of para-hydroxylation sites is 1. The number of sulfone groups is 1. The summed E-state index contributed by atoms with van der Waals surface area (Å²) in [7, 11) is -3.55. The van der Waals surface area contributed by atoms with E-state index in [0.717, 1.165) is 31.5 Å². The molecule has 1 aliphatic heterocycles. The highest BCUT2D eigenvalue weighted by molar-refractivity contribution is 9.09. The number of anilines is 4. The third-order valence-electron chi connectivity index (χ3n) is 7.76. The smallest absolute Gasteiger partial charge is 0.233 e. The van der Waals surface area contributed by atoms with Gasteiger partial charge in [-0.1, -0.05) is 28.1 Å². The number of aromatic amines is 1. The molecule has 1 aliphatic rings. The van der Waals surface area contributed by atoms with E-state index in [1.54, 1.807) is 44.3 Å². The zero-order valence-corrected chi connectivity index (χ0v) is 27.9. The number of piperidine rings is 1. The fraction of sp³-hybridized carbons (Fsp3) is 0.419. The maximum absolute atomic E-state index is 13.1. The van der Waals surface area contributed by atoms with Gasteiger partial charge in [0.15, 0.2) is 15.5 Å². The standard InChI is InChI=1S/C31H38BrN7O4S/c1-18(2)43-26-15-22(21-10-12-39(13-11-21)28(40)16-32)20(5)14-25(26)35-31-36-29(23-17-33-38-30(23)37-31)34-24-8-6-7-9-27(24)44(41,42)19(3)4/h6-9,14-15,17-19,21H,10-13,16H2,1-5H3,(H3,33,34,35,36,37,38). The van der Waals surface area contributed by atoms with Crippen molar-refractivity contribution in [2.75, 3.05) is 29.1 Å². The van der Waals surface area contributed by atoms with Crippen molar-refractivity contribution in [3.8, 4) is 5.75 Å². The minimum atomic E-state index is -3.55. The summed E-state index contributed by atoms with van der Waals surface area (Å²) >= 11 is 3.28. The molecule has 1 fully saturated rings. The van der Waals surface area contributed by atoms with E-state index < -0.39 is 15.1 Å². The lowest BCUT2D eigenvalue weighted by molar-refractivity contribution is -0.129. The molecule has 0 radical (unpaired) electrons. The number of nitrogens with one attached hydrogen (secondary N) is 3. The van der Waals surface area contributed by atoms with Crippen LogP contribution in [0.1, 0.15) is 57.6 Å². The molecule has 0 aliphatic carbocycles. The molecule has 3 N–H and O–H groups in total. The number of rotatable bonds is 10. The number of likely N-dealkylation sites (tertiary alicyclic amines) is 1. The van der Waals surface area contributed by atoms with Crippen molar-refractivity contribution in [1.29, 1.82) is 0 Å². The number of amides is 1. The van der Waals surface area contributed by atoms with Gasteiger partial charge >= 0.3 is 0 Å². The van der Waals surface area contributed by atoms with Crippen molar-refractivity contribution in [1.82, 2.24) is 25.1 Å². The molecule has 0 bridgehead atoms. The molecule has 1 amide bonds. The van der Waals surface area contributed by atoms with Crippen LogP contribution < -0.4 is 15.4 Å². The van der Waals surface area contributed by atoms with Crippen LogP contribution in [-0.4, -0.2) is 69.2 Å². The summed E-state index contributed by atoms with van der Waals surface area (Å²) in [5.74, 6) is 1.80. The number of hydrogen-bond donors (Lipinski definition) is 3. The molecule has 11 nitrogen and oxygen atoms in total. The molecule has 0 atom stereocenters. The monoisotopic (exact) mass is 683 g/mol. The van der Waals surface area contributed by atoms with Crippen molar-refractivity contribution in [3.63, 3.8) is 0 Å². The second-order valence-corrected chi connectivity index (χ2v) is 14.6. The van der Waals surface area contributed by atoms with Crippen LogP contribution in [0.5, 0.6) is 5.75 Å². The first kappa shape index (κ1) is 31.7. The Balaban J connectivity index is 1.48. The topological polar surface area (TPSA) is 142 Å². The van der Waals surface area contributed by atoms with Crippen molar-refractivity contribution in [2.24, 2.45) is 0 Å². The number of halogens is 1. The van der Waals surface area contributed by atoms with Crippen molar-refractivity contribution in [3.05, 3.63) is 53.7 Å². The second-order valence-electron chi connectivity index (χ2n) is 11.5. The van der Waals surface area contributed by atoms with Gasteiger partial charge in [-0.05, 0) is 88.8 Å². The maximum Gasteiger partial charge on any atom is 0.233 e. The van der Waals surface area contributed by atoms with E-state index in [0.29, 0.717) is 45.2 Å². The van der Waals surface area contributed by atoms with Crippen LogP contribution >= 0.6 is 15.9 Å². The van der Waals surface area contributed by atoms with E-state index in [1.807, 2.05) is 24.8 Å². The third-order valence-corrected chi connectivity index (χ3v) is 10.4. The summed E-state index contributed by atoms with van der Waals surface area (Å²) in [5.41, 5.74) is 3.91. The molecule has 13 heteroatoms. The average molecular weight is 685 g/mol. The molecule has 234 valence electrons. The summed E-state index contributed by atoms with van der Waals surface area (Å²) in [4.78, 5) is 23.6. The molecule has 1 saturated heterocycles.